The van der Waals surface area contributed by atoms with Gasteiger partial charge in [0.1, 0.15) is 0 Å². The van der Waals surface area contributed by atoms with Gasteiger partial charge in [-0.05, 0) is 36.1 Å². The summed E-state index contributed by atoms with van der Waals surface area (Å²) in [6.45, 7) is 1.03. The maximum atomic E-state index is 12.5. The fourth-order valence-corrected chi connectivity index (χ4v) is 4.30. The highest BCUT2D eigenvalue weighted by molar-refractivity contribution is 7.89. The highest BCUT2D eigenvalue weighted by Crippen LogP contribution is 2.40. The van der Waals surface area contributed by atoms with E-state index < -0.39 is 10.0 Å². The Morgan fingerprint density at radius 2 is 1.62 bits per heavy atom. The number of methoxy groups -OCH3 is 1. The standard InChI is InChI=1S/C19H23NO3S/c1-23-15-19(12-5-13-19)14-20-24(21,22)18-10-8-17(9-11-18)16-6-3-2-4-7-16/h2-4,6-11,20H,5,12-15H2,1H3. The van der Waals surface area contributed by atoms with Gasteiger partial charge in [0.05, 0.1) is 11.5 Å². The van der Waals surface area contributed by atoms with Gasteiger partial charge in [-0.1, -0.05) is 48.9 Å². The van der Waals surface area contributed by atoms with Gasteiger partial charge in [0.25, 0.3) is 0 Å². The lowest BCUT2D eigenvalue weighted by atomic mass is 9.69. The quantitative estimate of drug-likeness (QED) is 0.836. The molecule has 1 fully saturated rings. The molecule has 2 aromatic rings. The number of rotatable bonds is 7. The second kappa shape index (κ2) is 7.05. The Hall–Kier alpha value is -1.69. The van der Waals surface area contributed by atoms with Gasteiger partial charge < -0.3 is 4.74 Å². The van der Waals surface area contributed by atoms with Crippen LogP contribution in [0.4, 0.5) is 0 Å². The number of hydrogen-bond acceptors (Lipinski definition) is 3. The first-order valence-electron chi connectivity index (χ1n) is 8.19. The molecular weight excluding hydrogens is 322 g/mol. The highest BCUT2D eigenvalue weighted by Gasteiger charge is 2.38. The summed E-state index contributed by atoms with van der Waals surface area (Å²) in [7, 11) is -1.83. The SMILES string of the molecule is COCC1(CNS(=O)(=O)c2ccc(-c3ccccc3)cc2)CCC1. The summed E-state index contributed by atoms with van der Waals surface area (Å²) in [6.07, 6.45) is 3.16. The second-order valence-electron chi connectivity index (χ2n) is 6.50. The minimum absolute atomic E-state index is 0.0359. The molecule has 0 heterocycles. The molecule has 1 saturated carbocycles. The first kappa shape index (κ1) is 17.1. The molecule has 0 radical (unpaired) electrons. The third-order valence-electron chi connectivity index (χ3n) is 4.77. The Kier molecular flexibility index (Phi) is 5.04. The molecule has 128 valence electrons. The van der Waals surface area contributed by atoms with Gasteiger partial charge in [-0.3, -0.25) is 0 Å². The van der Waals surface area contributed by atoms with Gasteiger partial charge in [0.15, 0.2) is 0 Å². The van der Waals surface area contributed by atoms with Gasteiger partial charge >= 0.3 is 0 Å². The molecule has 3 rings (SSSR count). The third-order valence-corrected chi connectivity index (χ3v) is 6.19. The minimum Gasteiger partial charge on any atom is -0.384 e. The summed E-state index contributed by atoms with van der Waals surface area (Å²) in [4.78, 5) is 0.300. The van der Waals surface area contributed by atoms with Crippen molar-refractivity contribution in [2.75, 3.05) is 20.3 Å². The molecule has 0 saturated heterocycles. The largest absolute Gasteiger partial charge is 0.384 e. The van der Waals surface area contributed by atoms with E-state index in [2.05, 4.69) is 4.72 Å². The molecule has 0 spiro atoms. The lowest BCUT2D eigenvalue weighted by Gasteiger charge is -2.41. The van der Waals surface area contributed by atoms with Gasteiger partial charge in [-0.15, -0.1) is 0 Å². The average Bonchev–Trinajstić information content (AvgIpc) is 2.58. The van der Waals surface area contributed by atoms with Crippen molar-refractivity contribution in [3.63, 3.8) is 0 Å². The molecule has 24 heavy (non-hydrogen) atoms. The van der Waals surface area contributed by atoms with Gasteiger partial charge in [-0.25, -0.2) is 13.1 Å². The Morgan fingerprint density at radius 1 is 1.00 bits per heavy atom. The Bertz CT molecular complexity index is 766. The third kappa shape index (κ3) is 3.69. The number of nitrogens with one attached hydrogen (secondary N) is 1. The smallest absolute Gasteiger partial charge is 0.240 e. The summed E-state index contributed by atoms with van der Waals surface area (Å²) in [6, 6.07) is 16.9. The zero-order valence-corrected chi connectivity index (χ0v) is 14.7. The summed E-state index contributed by atoms with van der Waals surface area (Å²) >= 11 is 0. The summed E-state index contributed by atoms with van der Waals surface area (Å²) < 4.78 is 33.0. The zero-order valence-electron chi connectivity index (χ0n) is 13.9. The van der Waals surface area contributed by atoms with Crippen LogP contribution in [0.15, 0.2) is 59.5 Å². The maximum absolute atomic E-state index is 12.5. The van der Waals surface area contributed by atoms with Crippen molar-refractivity contribution in [1.29, 1.82) is 0 Å². The topological polar surface area (TPSA) is 55.4 Å². The van der Waals surface area contributed by atoms with Crippen LogP contribution in [0, 0.1) is 5.41 Å². The molecule has 0 aromatic heterocycles. The van der Waals surface area contributed by atoms with E-state index in [0.29, 0.717) is 18.0 Å². The van der Waals surface area contributed by atoms with E-state index in [-0.39, 0.29) is 5.41 Å². The summed E-state index contributed by atoms with van der Waals surface area (Å²) in [5.74, 6) is 0. The molecule has 0 aliphatic heterocycles. The molecule has 1 aliphatic rings. The minimum atomic E-state index is -3.49. The van der Waals surface area contributed by atoms with E-state index in [1.54, 1.807) is 19.2 Å². The number of hydrogen-bond donors (Lipinski definition) is 1. The van der Waals surface area contributed by atoms with E-state index in [4.69, 9.17) is 4.74 Å². The highest BCUT2D eigenvalue weighted by atomic mass is 32.2. The van der Waals surface area contributed by atoms with Crippen LogP contribution in [-0.2, 0) is 14.8 Å². The molecule has 1 aliphatic carbocycles. The van der Waals surface area contributed by atoms with Crippen molar-refractivity contribution in [1.82, 2.24) is 4.72 Å². The van der Waals surface area contributed by atoms with E-state index in [1.165, 1.54) is 0 Å². The van der Waals surface area contributed by atoms with Crippen molar-refractivity contribution >= 4 is 10.0 Å². The molecule has 2 aromatic carbocycles. The van der Waals surface area contributed by atoms with Crippen molar-refractivity contribution in [3.8, 4) is 11.1 Å². The zero-order chi connectivity index (χ0) is 17.0. The lowest BCUT2D eigenvalue weighted by Crippen LogP contribution is -2.45. The molecule has 0 bridgehead atoms. The molecular formula is C19H23NO3S. The Labute approximate surface area is 143 Å². The van der Waals surface area contributed by atoms with Crippen molar-refractivity contribution in [3.05, 3.63) is 54.6 Å². The summed E-state index contributed by atoms with van der Waals surface area (Å²) in [5.41, 5.74) is 2.04. The van der Waals surface area contributed by atoms with Crippen LogP contribution in [-0.4, -0.2) is 28.7 Å². The monoisotopic (exact) mass is 345 g/mol. The molecule has 5 heteroatoms. The van der Waals surface area contributed by atoms with Crippen LogP contribution in [0.3, 0.4) is 0 Å². The van der Waals surface area contributed by atoms with Crippen LogP contribution < -0.4 is 4.72 Å². The van der Waals surface area contributed by atoms with Crippen LogP contribution in [0.25, 0.3) is 11.1 Å². The van der Waals surface area contributed by atoms with Crippen LogP contribution in [0.2, 0.25) is 0 Å². The van der Waals surface area contributed by atoms with Crippen molar-refractivity contribution < 1.29 is 13.2 Å². The van der Waals surface area contributed by atoms with E-state index in [1.807, 2.05) is 42.5 Å². The molecule has 0 amide bonds. The fraction of sp³-hybridized carbons (Fsp3) is 0.368. The van der Waals surface area contributed by atoms with E-state index >= 15 is 0 Å². The fourth-order valence-electron chi connectivity index (χ4n) is 3.14. The van der Waals surface area contributed by atoms with Crippen molar-refractivity contribution in [2.45, 2.75) is 24.2 Å². The maximum Gasteiger partial charge on any atom is 0.240 e. The molecule has 4 nitrogen and oxygen atoms in total. The second-order valence-corrected chi connectivity index (χ2v) is 8.27. The predicted octanol–water partition coefficient (Wildman–Crippen LogP) is 3.45. The first-order valence-corrected chi connectivity index (χ1v) is 9.67. The Morgan fingerprint density at radius 3 is 2.17 bits per heavy atom. The number of ether oxygens (including phenoxy) is 1. The summed E-state index contributed by atoms with van der Waals surface area (Å²) in [5, 5.41) is 0. The number of benzene rings is 2. The van der Waals surface area contributed by atoms with Crippen LogP contribution >= 0.6 is 0 Å². The average molecular weight is 345 g/mol. The van der Waals surface area contributed by atoms with Gasteiger partial charge in [0, 0.05) is 19.1 Å². The molecule has 0 unspecified atom stereocenters. The predicted molar refractivity (Wildman–Crippen MR) is 95.2 cm³/mol. The van der Waals surface area contributed by atoms with Crippen LogP contribution in [0.5, 0.6) is 0 Å². The first-order chi connectivity index (χ1) is 11.5. The van der Waals surface area contributed by atoms with E-state index in [9.17, 15) is 8.42 Å². The van der Waals surface area contributed by atoms with Gasteiger partial charge in [-0.2, -0.15) is 0 Å². The van der Waals surface area contributed by atoms with Gasteiger partial charge in [0.2, 0.25) is 10.0 Å². The normalized spacial score (nSPS) is 16.5. The lowest BCUT2D eigenvalue weighted by molar-refractivity contribution is 0.0220. The van der Waals surface area contributed by atoms with Crippen LogP contribution in [0.1, 0.15) is 19.3 Å². The van der Waals surface area contributed by atoms with Crippen molar-refractivity contribution in [2.24, 2.45) is 5.41 Å². The molecule has 1 N–H and O–H groups in total. The molecule has 0 atom stereocenters. The van der Waals surface area contributed by atoms with E-state index in [0.717, 1.165) is 30.4 Å². The Balaban J connectivity index is 1.71. The number of sulfonamides is 1.